The molecule has 3 nitrogen and oxygen atoms in total. The normalized spacial score (nSPS) is 29.4. The van der Waals surface area contributed by atoms with E-state index in [4.69, 9.17) is 5.73 Å². The number of hydrogen-bond acceptors (Lipinski definition) is 2. The summed E-state index contributed by atoms with van der Waals surface area (Å²) < 4.78 is 0. The summed E-state index contributed by atoms with van der Waals surface area (Å²) in [5, 5.41) is 0. The van der Waals surface area contributed by atoms with E-state index in [0.717, 1.165) is 38.6 Å². The van der Waals surface area contributed by atoms with E-state index in [1.165, 1.54) is 19.3 Å². The molecule has 1 amide bonds. The van der Waals surface area contributed by atoms with Crippen molar-refractivity contribution in [1.29, 1.82) is 0 Å². The molecule has 2 fully saturated rings. The first-order valence-electron chi connectivity index (χ1n) is 6.77. The van der Waals surface area contributed by atoms with Crippen molar-refractivity contribution in [2.75, 3.05) is 6.54 Å². The Morgan fingerprint density at radius 1 is 1.31 bits per heavy atom. The third kappa shape index (κ3) is 2.10. The lowest BCUT2D eigenvalue weighted by molar-refractivity contribution is -0.142. The minimum absolute atomic E-state index is 0.229. The summed E-state index contributed by atoms with van der Waals surface area (Å²) in [7, 11) is 0. The molecule has 1 saturated heterocycles. The zero-order valence-electron chi connectivity index (χ0n) is 10.4. The molecule has 92 valence electrons. The van der Waals surface area contributed by atoms with Crippen molar-refractivity contribution in [3.05, 3.63) is 0 Å². The third-order valence-corrected chi connectivity index (χ3v) is 4.28. The fraction of sp³-hybridized carbons (Fsp3) is 0.923. The van der Waals surface area contributed by atoms with Crippen molar-refractivity contribution in [2.24, 2.45) is 5.73 Å². The standard InChI is InChI=1S/C13H24N2O/c1-2-11-7-4-3-5-10-15(11)12(16)13(14)8-6-9-13/h11H,2-10,14H2,1H3. The molecule has 1 heterocycles. The van der Waals surface area contributed by atoms with Crippen molar-refractivity contribution in [3.63, 3.8) is 0 Å². The van der Waals surface area contributed by atoms with Gasteiger partial charge in [-0.25, -0.2) is 0 Å². The van der Waals surface area contributed by atoms with Gasteiger partial charge in [-0.15, -0.1) is 0 Å². The summed E-state index contributed by atoms with van der Waals surface area (Å²) in [4.78, 5) is 14.5. The molecule has 0 aromatic rings. The summed E-state index contributed by atoms with van der Waals surface area (Å²) in [5.41, 5.74) is 5.65. The van der Waals surface area contributed by atoms with Crippen LogP contribution >= 0.6 is 0 Å². The molecule has 2 rings (SSSR count). The Kier molecular flexibility index (Phi) is 3.53. The maximum absolute atomic E-state index is 12.4. The summed E-state index contributed by atoms with van der Waals surface area (Å²) in [6.07, 6.45) is 8.81. The number of rotatable bonds is 2. The van der Waals surface area contributed by atoms with Gasteiger partial charge in [-0.3, -0.25) is 4.79 Å². The molecule has 2 aliphatic rings. The molecule has 0 radical (unpaired) electrons. The first kappa shape index (κ1) is 11.9. The Bertz CT molecular complexity index is 261. The SMILES string of the molecule is CCC1CCCCCN1C(=O)C1(N)CCC1. The van der Waals surface area contributed by atoms with Gasteiger partial charge in [0, 0.05) is 12.6 Å². The second-order valence-electron chi connectivity index (χ2n) is 5.42. The van der Waals surface area contributed by atoms with Gasteiger partial charge in [-0.1, -0.05) is 19.8 Å². The topological polar surface area (TPSA) is 46.3 Å². The van der Waals surface area contributed by atoms with E-state index in [2.05, 4.69) is 11.8 Å². The lowest BCUT2D eigenvalue weighted by Crippen LogP contribution is -2.61. The Morgan fingerprint density at radius 3 is 2.62 bits per heavy atom. The molecule has 2 N–H and O–H groups in total. The molecule has 0 spiro atoms. The number of likely N-dealkylation sites (tertiary alicyclic amines) is 1. The molecule has 0 bridgehead atoms. The maximum Gasteiger partial charge on any atom is 0.242 e. The summed E-state index contributed by atoms with van der Waals surface area (Å²) in [6, 6.07) is 0.441. The molecule has 1 atom stereocenters. The average molecular weight is 224 g/mol. The highest BCUT2D eigenvalue weighted by atomic mass is 16.2. The monoisotopic (exact) mass is 224 g/mol. The van der Waals surface area contributed by atoms with Crippen molar-refractivity contribution in [1.82, 2.24) is 4.90 Å². The molecule has 0 aromatic carbocycles. The van der Waals surface area contributed by atoms with Crippen LogP contribution in [0.2, 0.25) is 0 Å². The van der Waals surface area contributed by atoms with E-state index >= 15 is 0 Å². The molecule has 1 aliphatic carbocycles. The Labute approximate surface area is 98.4 Å². The number of hydrogen-bond donors (Lipinski definition) is 1. The predicted molar refractivity (Wildman–Crippen MR) is 65.0 cm³/mol. The third-order valence-electron chi connectivity index (χ3n) is 4.28. The molecule has 16 heavy (non-hydrogen) atoms. The fourth-order valence-electron chi connectivity index (χ4n) is 2.93. The molecule has 1 saturated carbocycles. The Hall–Kier alpha value is -0.570. The summed E-state index contributed by atoms with van der Waals surface area (Å²) in [5.74, 6) is 0.229. The quantitative estimate of drug-likeness (QED) is 0.780. The summed E-state index contributed by atoms with van der Waals surface area (Å²) >= 11 is 0. The fourth-order valence-corrected chi connectivity index (χ4v) is 2.93. The maximum atomic E-state index is 12.4. The highest BCUT2D eigenvalue weighted by Crippen LogP contribution is 2.33. The van der Waals surface area contributed by atoms with Crippen molar-refractivity contribution in [3.8, 4) is 0 Å². The molecule has 1 unspecified atom stereocenters. The van der Waals surface area contributed by atoms with Crippen LogP contribution in [0.25, 0.3) is 0 Å². The average Bonchev–Trinajstić information content (AvgIpc) is 2.49. The van der Waals surface area contributed by atoms with Gasteiger partial charge in [0.2, 0.25) is 5.91 Å². The van der Waals surface area contributed by atoms with Crippen LogP contribution in [-0.2, 0) is 4.79 Å². The molecule has 0 aromatic heterocycles. The number of nitrogens with zero attached hydrogens (tertiary/aromatic N) is 1. The minimum atomic E-state index is -0.502. The van der Waals surface area contributed by atoms with Crippen LogP contribution in [0.15, 0.2) is 0 Å². The second-order valence-corrected chi connectivity index (χ2v) is 5.42. The van der Waals surface area contributed by atoms with E-state index in [0.29, 0.717) is 6.04 Å². The number of nitrogens with two attached hydrogens (primary N) is 1. The lowest BCUT2D eigenvalue weighted by Gasteiger charge is -2.42. The van der Waals surface area contributed by atoms with Crippen LogP contribution in [0.5, 0.6) is 0 Å². The summed E-state index contributed by atoms with van der Waals surface area (Å²) in [6.45, 7) is 3.11. The van der Waals surface area contributed by atoms with E-state index < -0.39 is 5.54 Å². The lowest BCUT2D eigenvalue weighted by atomic mass is 9.76. The molecule has 3 heteroatoms. The van der Waals surface area contributed by atoms with Crippen LogP contribution in [0.4, 0.5) is 0 Å². The molecular formula is C13H24N2O. The zero-order chi connectivity index (χ0) is 11.6. The van der Waals surface area contributed by atoms with Gasteiger partial charge in [-0.05, 0) is 38.5 Å². The minimum Gasteiger partial charge on any atom is -0.338 e. The second kappa shape index (κ2) is 4.74. The smallest absolute Gasteiger partial charge is 0.242 e. The van der Waals surface area contributed by atoms with E-state index in [1.807, 2.05) is 0 Å². The van der Waals surface area contributed by atoms with Crippen LogP contribution in [0.3, 0.4) is 0 Å². The van der Waals surface area contributed by atoms with E-state index in [1.54, 1.807) is 0 Å². The highest BCUT2D eigenvalue weighted by Gasteiger charge is 2.44. The molecule has 1 aliphatic heterocycles. The van der Waals surface area contributed by atoms with Crippen molar-refractivity contribution in [2.45, 2.75) is 69.9 Å². The molecular weight excluding hydrogens is 200 g/mol. The van der Waals surface area contributed by atoms with Gasteiger partial charge < -0.3 is 10.6 Å². The number of amides is 1. The van der Waals surface area contributed by atoms with Gasteiger partial charge in [0.1, 0.15) is 0 Å². The largest absolute Gasteiger partial charge is 0.338 e. The van der Waals surface area contributed by atoms with Gasteiger partial charge in [0.15, 0.2) is 0 Å². The Balaban J connectivity index is 2.06. The van der Waals surface area contributed by atoms with Gasteiger partial charge in [0.25, 0.3) is 0 Å². The first-order chi connectivity index (χ1) is 7.67. The van der Waals surface area contributed by atoms with Gasteiger partial charge in [-0.2, -0.15) is 0 Å². The highest BCUT2D eigenvalue weighted by molar-refractivity contribution is 5.87. The number of carbonyl (C=O) groups excluding carboxylic acids is 1. The van der Waals surface area contributed by atoms with Gasteiger partial charge in [0.05, 0.1) is 5.54 Å². The first-order valence-corrected chi connectivity index (χ1v) is 6.77. The van der Waals surface area contributed by atoms with Crippen molar-refractivity contribution >= 4 is 5.91 Å². The van der Waals surface area contributed by atoms with Crippen LogP contribution < -0.4 is 5.73 Å². The predicted octanol–water partition coefficient (Wildman–Crippen LogP) is 2.05. The van der Waals surface area contributed by atoms with Crippen LogP contribution in [0.1, 0.15) is 58.3 Å². The van der Waals surface area contributed by atoms with Crippen LogP contribution in [0, 0.1) is 0 Å². The van der Waals surface area contributed by atoms with Gasteiger partial charge >= 0.3 is 0 Å². The number of carbonyl (C=O) groups is 1. The Morgan fingerprint density at radius 2 is 2.06 bits per heavy atom. The van der Waals surface area contributed by atoms with Crippen LogP contribution in [-0.4, -0.2) is 28.9 Å². The zero-order valence-corrected chi connectivity index (χ0v) is 10.4. The van der Waals surface area contributed by atoms with E-state index in [-0.39, 0.29) is 5.91 Å². The van der Waals surface area contributed by atoms with E-state index in [9.17, 15) is 4.79 Å². The van der Waals surface area contributed by atoms with Crippen molar-refractivity contribution < 1.29 is 4.79 Å².